The van der Waals surface area contributed by atoms with Crippen molar-refractivity contribution >= 4 is 38.9 Å². The van der Waals surface area contributed by atoms with Gasteiger partial charge < -0.3 is 5.32 Å². The third-order valence-electron chi connectivity index (χ3n) is 2.58. The Morgan fingerprint density at radius 2 is 2.00 bits per heavy atom. The Morgan fingerprint density at radius 1 is 1.26 bits per heavy atom. The second-order valence-electron chi connectivity index (χ2n) is 3.86. The number of hydrogen-bond acceptors (Lipinski definition) is 3. The molecule has 1 N–H and O–H groups in total. The van der Waals surface area contributed by atoms with E-state index in [9.17, 15) is 10.1 Å². The van der Waals surface area contributed by atoms with Gasteiger partial charge in [-0.2, -0.15) is 0 Å². The quantitative estimate of drug-likeness (QED) is 0.652. The number of benzene rings is 2. The van der Waals surface area contributed by atoms with Gasteiger partial charge in [0.05, 0.1) is 15.5 Å². The summed E-state index contributed by atoms with van der Waals surface area (Å²) in [6.07, 6.45) is 0. The molecule has 19 heavy (non-hydrogen) atoms. The van der Waals surface area contributed by atoms with Crippen molar-refractivity contribution in [2.75, 3.05) is 5.32 Å². The van der Waals surface area contributed by atoms with Crippen molar-refractivity contribution < 1.29 is 4.92 Å². The van der Waals surface area contributed by atoms with Gasteiger partial charge in [-0.3, -0.25) is 10.1 Å². The average molecular weight is 342 g/mol. The highest BCUT2D eigenvalue weighted by Crippen LogP contribution is 2.27. The van der Waals surface area contributed by atoms with Crippen LogP contribution in [0, 0.1) is 10.1 Å². The Hall–Kier alpha value is -1.59. The maximum Gasteiger partial charge on any atom is 0.275 e. The van der Waals surface area contributed by atoms with Gasteiger partial charge in [0.2, 0.25) is 0 Å². The summed E-state index contributed by atoms with van der Waals surface area (Å²) in [5, 5.41) is 14.5. The zero-order valence-corrected chi connectivity index (χ0v) is 12.1. The Morgan fingerprint density at radius 3 is 2.68 bits per heavy atom. The van der Waals surface area contributed by atoms with Crippen LogP contribution in [-0.2, 0) is 6.54 Å². The minimum atomic E-state index is -0.427. The summed E-state index contributed by atoms with van der Waals surface area (Å²) < 4.78 is 0.936. The Bertz CT molecular complexity index is 619. The zero-order chi connectivity index (χ0) is 13.8. The zero-order valence-electron chi connectivity index (χ0n) is 9.77. The normalized spacial score (nSPS) is 10.2. The lowest BCUT2D eigenvalue weighted by Gasteiger charge is -2.09. The van der Waals surface area contributed by atoms with Crippen LogP contribution in [0.3, 0.4) is 0 Å². The molecule has 0 saturated carbocycles. The fourth-order valence-electron chi connectivity index (χ4n) is 1.68. The number of nitrogens with one attached hydrogen (secondary N) is 1. The second-order valence-corrected chi connectivity index (χ2v) is 5.18. The lowest BCUT2D eigenvalue weighted by Crippen LogP contribution is -2.03. The van der Waals surface area contributed by atoms with Gasteiger partial charge in [-0.1, -0.05) is 39.7 Å². The van der Waals surface area contributed by atoms with Crippen LogP contribution in [0.25, 0.3) is 0 Å². The Balaban J connectivity index is 2.22. The molecule has 0 atom stereocenters. The summed E-state index contributed by atoms with van der Waals surface area (Å²) in [4.78, 5) is 10.5. The molecule has 0 amide bonds. The Kier molecular flexibility index (Phi) is 4.39. The first-order valence-electron chi connectivity index (χ1n) is 5.49. The van der Waals surface area contributed by atoms with Gasteiger partial charge in [0, 0.05) is 22.8 Å². The summed E-state index contributed by atoms with van der Waals surface area (Å²) >= 11 is 9.38. The van der Waals surface area contributed by atoms with E-state index in [4.69, 9.17) is 11.6 Å². The van der Waals surface area contributed by atoms with E-state index in [1.165, 1.54) is 6.07 Å². The van der Waals surface area contributed by atoms with Gasteiger partial charge in [-0.15, -0.1) is 0 Å². The standard InChI is InChI=1S/C13H10BrClN2O2/c14-9-3-1-4-10(7-9)16-8-11-12(15)5-2-6-13(11)17(18)19/h1-7,16H,8H2. The van der Waals surface area contributed by atoms with Gasteiger partial charge in [0.25, 0.3) is 5.69 Å². The van der Waals surface area contributed by atoms with Crippen LogP contribution in [-0.4, -0.2) is 4.92 Å². The third kappa shape index (κ3) is 3.45. The van der Waals surface area contributed by atoms with Crippen LogP contribution in [0.2, 0.25) is 5.02 Å². The molecule has 0 aliphatic rings. The molecule has 2 aromatic carbocycles. The van der Waals surface area contributed by atoms with Gasteiger partial charge in [0.1, 0.15) is 0 Å². The fraction of sp³-hybridized carbons (Fsp3) is 0.0769. The van der Waals surface area contributed by atoms with E-state index < -0.39 is 4.92 Å². The van der Waals surface area contributed by atoms with Gasteiger partial charge >= 0.3 is 0 Å². The van der Waals surface area contributed by atoms with Crippen LogP contribution in [0.4, 0.5) is 11.4 Å². The molecular formula is C13H10BrClN2O2. The summed E-state index contributed by atoms with van der Waals surface area (Å²) in [6, 6.07) is 12.2. The van der Waals surface area contributed by atoms with E-state index in [1.807, 2.05) is 24.3 Å². The molecule has 6 heteroatoms. The molecule has 0 aromatic heterocycles. The first-order valence-corrected chi connectivity index (χ1v) is 6.66. The largest absolute Gasteiger partial charge is 0.381 e. The second kappa shape index (κ2) is 6.04. The van der Waals surface area contributed by atoms with Crippen molar-refractivity contribution in [3.05, 3.63) is 67.6 Å². The predicted octanol–water partition coefficient (Wildman–Crippen LogP) is 4.62. The molecule has 0 spiro atoms. The van der Waals surface area contributed by atoms with Crippen molar-refractivity contribution in [1.82, 2.24) is 0 Å². The minimum Gasteiger partial charge on any atom is -0.381 e. The average Bonchev–Trinajstić information content (AvgIpc) is 2.37. The van der Waals surface area contributed by atoms with Gasteiger partial charge in [-0.25, -0.2) is 0 Å². The molecule has 2 rings (SSSR count). The van der Waals surface area contributed by atoms with E-state index in [-0.39, 0.29) is 5.69 Å². The summed E-state index contributed by atoms with van der Waals surface area (Å²) in [5.41, 5.74) is 1.37. The maximum absolute atomic E-state index is 11.0. The first kappa shape index (κ1) is 13.8. The molecule has 0 saturated heterocycles. The van der Waals surface area contributed by atoms with Gasteiger partial charge in [0.15, 0.2) is 0 Å². The van der Waals surface area contributed by atoms with Crippen molar-refractivity contribution in [1.29, 1.82) is 0 Å². The topological polar surface area (TPSA) is 55.2 Å². The number of anilines is 1. The summed E-state index contributed by atoms with van der Waals surface area (Å²) in [7, 11) is 0. The maximum atomic E-state index is 11.0. The molecule has 0 heterocycles. The van der Waals surface area contributed by atoms with E-state index >= 15 is 0 Å². The van der Waals surface area contributed by atoms with Crippen molar-refractivity contribution in [2.24, 2.45) is 0 Å². The molecule has 0 unspecified atom stereocenters. The van der Waals surface area contributed by atoms with Crippen LogP contribution in [0.5, 0.6) is 0 Å². The SMILES string of the molecule is O=[N+]([O-])c1cccc(Cl)c1CNc1cccc(Br)c1. The van der Waals surface area contributed by atoms with Crippen LogP contribution >= 0.6 is 27.5 Å². The number of rotatable bonds is 4. The van der Waals surface area contributed by atoms with Crippen LogP contribution in [0.1, 0.15) is 5.56 Å². The van der Waals surface area contributed by atoms with Crippen LogP contribution < -0.4 is 5.32 Å². The van der Waals surface area contributed by atoms with Crippen molar-refractivity contribution in [3.63, 3.8) is 0 Å². The number of hydrogen-bond donors (Lipinski definition) is 1. The smallest absolute Gasteiger partial charge is 0.275 e. The molecular weight excluding hydrogens is 332 g/mol. The molecule has 2 aromatic rings. The van der Waals surface area contributed by atoms with Crippen LogP contribution in [0.15, 0.2) is 46.9 Å². The molecule has 0 radical (unpaired) electrons. The number of nitro groups is 1. The predicted molar refractivity (Wildman–Crippen MR) is 79.6 cm³/mol. The molecule has 0 fully saturated rings. The third-order valence-corrected chi connectivity index (χ3v) is 3.43. The number of halogens is 2. The van der Waals surface area contributed by atoms with Gasteiger partial charge in [-0.05, 0) is 24.3 Å². The highest BCUT2D eigenvalue weighted by atomic mass is 79.9. The number of nitrogens with zero attached hydrogens (tertiary/aromatic N) is 1. The highest BCUT2D eigenvalue weighted by molar-refractivity contribution is 9.10. The monoisotopic (exact) mass is 340 g/mol. The highest BCUT2D eigenvalue weighted by Gasteiger charge is 2.15. The molecule has 0 aliphatic heterocycles. The molecule has 0 bridgehead atoms. The Labute approximate surface area is 123 Å². The minimum absolute atomic E-state index is 0.0231. The van der Waals surface area contributed by atoms with Crippen molar-refractivity contribution in [3.8, 4) is 0 Å². The lowest BCUT2D eigenvalue weighted by molar-refractivity contribution is -0.385. The fourth-order valence-corrected chi connectivity index (χ4v) is 2.32. The molecule has 0 aliphatic carbocycles. The summed E-state index contributed by atoms with van der Waals surface area (Å²) in [6.45, 7) is 0.298. The lowest BCUT2D eigenvalue weighted by atomic mass is 10.1. The van der Waals surface area contributed by atoms with E-state index in [2.05, 4.69) is 21.2 Å². The first-order chi connectivity index (χ1) is 9.08. The molecule has 98 valence electrons. The van der Waals surface area contributed by atoms with E-state index in [0.717, 1.165) is 10.2 Å². The summed E-state index contributed by atoms with van der Waals surface area (Å²) in [5.74, 6) is 0. The number of nitro benzene ring substituents is 1. The van der Waals surface area contributed by atoms with Crippen molar-refractivity contribution in [2.45, 2.75) is 6.54 Å². The molecule has 4 nitrogen and oxygen atoms in total. The van der Waals surface area contributed by atoms with E-state index in [1.54, 1.807) is 12.1 Å². The van der Waals surface area contributed by atoms with E-state index in [0.29, 0.717) is 17.1 Å².